The van der Waals surface area contributed by atoms with Gasteiger partial charge < -0.3 is 14.6 Å². The Morgan fingerprint density at radius 1 is 1.10 bits per heavy atom. The number of halogens is 3. The molecule has 0 saturated carbocycles. The number of methoxy groups -OCH3 is 1. The highest BCUT2D eigenvalue weighted by Gasteiger charge is 2.47. The molecule has 2 fully saturated rings. The number of hydrogen-bond donors (Lipinski definition) is 1. The van der Waals surface area contributed by atoms with Gasteiger partial charge in [-0.25, -0.2) is 0 Å². The van der Waals surface area contributed by atoms with Crippen LogP contribution in [0.3, 0.4) is 0 Å². The predicted octanol–water partition coefficient (Wildman–Crippen LogP) is 3.97. The van der Waals surface area contributed by atoms with E-state index in [4.69, 9.17) is 9.47 Å². The minimum Gasteiger partial charge on any atom is -0.496 e. The monoisotopic (exact) mass is 407 g/mol. The van der Waals surface area contributed by atoms with Crippen molar-refractivity contribution in [1.82, 2.24) is 4.90 Å². The maximum Gasteiger partial charge on any atom is 0.419 e. The molecular weight excluding hydrogens is 383 g/mol. The predicted molar refractivity (Wildman–Crippen MR) is 102 cm³/mol. The number of morpholine rings is 1. The lowest BCUT2D eigenvalue weighted by molar-refractivity contribution is -0.150. The maximum atomic E-state index is 13.5. The van der Waals surface area contributed by atoms with Gasteiger partial charge in [-0.05, 0) is 36.1 Å². The molecule has 0 spiro atoms. The first-order chi connectivity index (χ1) is 13.8. The van der Waals surface area contributed by atoms with Gasteiger partial charge >= 0.3 is 6.18 Å². The summed E-state index contributed by atoms with van der Waals surface area (Å²) in [6, 6.07) is 13.8. The molecule has 0 aliphatic carbocycles. The third kappa shape index (κ3) is 3.99. The Labute approximate surface area is 167 Å². The van der Waals surface area contributed by atoms with E-state index in [0.717, 1.165) is 12.6 Å². The molecule has 29 heavy (non-hydrogen) atoms. The van der Waals surface area contributed by atoms with E-state index in [2.05, 4.69) is 17.0 Å². The lowest BCUT2D eigenvalue weighted by Crippen LogP contribution is -2.60. The molecule has 2 unspecified atom stereocenters. The van der Waals surface area contributed by atoms with Crippen LogP contribution in [-0.2, 0) is 23.1 Å². The number of aliphatic hydroxyl groups is 1. The number of fused-ring (bicyclic) bond motifs is 2. The fourth-order valence-electron chi connectivity index (χ4n) is 4.55. The summed E-state index contributed by atoms with van der Waals surface area (Å²) in [6.07, 6.45) is -3.91. The molecule has 2 heterocycles. The van der Waals surface area contributed by atoms with Crippen LogP contribution in [0.5, 0.6) is 5.75 Å². The van der Waals surface area contributed by atoms with E-state index in [1.807, 2.05) is 18.2 Å². The van der Waals surface area contributed by atoms with E-state index in [1.165, 1.54) is 24.8 Å². The summed E-state index contributed by atoms with van der Waals surface area (Å²) in [5, 5.41) is 11.4. The first-order valence-corrected chi connectivity index (χ1v) is 9.66. The molecule has 0 aromatic heterocycles. The van der Waals surface area contributed by atoms with Crippen molar-refractivity contribution in [2.45, 2.75) is 43.2 Å². The molecule has 1 N–H and O–H groups in total. The van der Waals surface area contributed by atoms with Gasteiger partial charge in [-0.2, -0.15) is 13.2 Å². The second-order valence-electron chi connectivity index (χ2n) is 7.86. The van der Waals surface area contributed by atoms with Gasteiger partial charge in [-0.3, -0.25) is 4.90 Å². The van der Waals surface area contributed by atoms with Crippen LogP contribution in [0.2, 0.25) is 0 Å². The van der Waals surface area contributed by atoms with Crippen LogP contribution in [0.25, 0.3) is 0 Å². The number of piperidine rings is 1. The number of alkyl halides is 3. The molecule has 0 radical (unpaired) electrons. The van der Waals surface area contributed by atoms with Crippen LogP contribution in [0.15, 0.2) is 48.5 Å². The quantitative estimate of drug-likeness (QED) is 0.833. The van der Waals surface area contributed by atoms with Crippen molar-refractivity contribution in [2.75, 3.05) is 20.3 Å². The number of benzene rings is 2. The zero-order valence-electron chi connectivity index (χ0n) is 16.2. The Morgan fingerprint density at radius 2 is 1.76 bits per heavy atom. The minimum absolute atomic E-state index is 0.0656. The van der Waals surface area contributed by atoms with E-state index >= 15 is 0 Å². The third-order valence-electron chi connectivity index (χ3n) is 5.96. The summed E-state index contributed by atoms with van der Waals surface area (Å²) in [6.45, 7) is 1.63. The fourth-order valence-corrected chi connectivity index (χ4v) is 4.55. The van der Waals surface area contributed by atoms with E-state index in [1.54, 1.807) is 0 Å². The fraction of sp³-hybridized carbons (Fsp3) is 0.455. The van der Waals surface area contributed by atoms with Crippen molar-refractivity contribution in [3.05, 3.63) is 65.2 Å². The van der Waals surface area contributed by atoms with Crippen molar-refractivity contribution in [1.29, 1.82) is 0 Å². The molecule has 2 bridgehead atoms. The Hall–Kier alpha value is -2.09. The first kappa shape index (κ1) is 20.2. The molecule has 156 valence electrons. The van der Waals surface area contributed by atoms with Gasteiger partial charge in [0, 0.05) is 18.6 Å². The van der Waals surface area contributed by atoms with E-state index < -0.39 is 17.3 Å². The molecule has 2 atom stereocenters. The second-order valence-corrected chi connectivity index (χ2v) is 7.86. The molecule has 2 aromatic carbocycles. The summed E-state index contributed by atoms with van der Waals surface area (Å²) >= 11 is 0. The van der Waals surface area contributed by atoms with Crippen LogP contribution in [-0.4, -0.2) is 42.4 Å². The first-order valence-electron chi connectivity index (χ1n) is 9.66. The zero-order chi connectivity index (χ0) is 20.6. The highest BCUT2D eigenvalue weighted by molar-refractivity contribution is 5.41. The Kier molecular flexibility index (Phi) is 5.31. The van der Waals surface area contributed by atoms with Gasteiger partial charge in [-0.1, -0.05) is 36.4 Å². The molecule has 7 heteroatoms. The van der Waals surface area contributed by atoms with Crippen molar-refractivity contribution < 1.29 is 27.8 Å². The zero-order valence-corrected chi connectivity index (χ0v) is 16.2. The van der Waals surface area contributed by atoms with Crippen molar-refractivity contribution in [3.63, 3.8) is 0 Å². The normalized spacial score (nSPS) is 27.6. The number of ether oxygens (including phenoxy) is 2. The average Bonchev–Trinajstić information content (AvgIpc) is 2.68. The Bertz CT molecular complexity index is 842. The summed E-state index contributed by atoms with van der Waals surface area (Å²) in [5.41, 5.74) is -0.752. The van der Waals surface area contributed by atoms with Crippen LogP contribution < -0.4 is 4.74 Å². The molecule has 2 aliphatic heterocycles. The van der Waals surface area contributed by atoms with Gasteiger partial charge in [0.25, 0.3) is 0 Å². The maximum absolute atomic E-state index is 13.5. The number of hydrogen-bond acceptors (Lipinski definition) is 4. The van der Waals surface area contributed by atoms with Crippen molar-refractivity contribution in [3.8, 4) is 5.75 Å². The number of rotatable bonds is 4. The molecule has 4 nitrogen and oxygen atoms in total. The SMILES string of the molecule is COc1ccc(C2(O)CC3COCC(C2)N3Cc2ccccc2)cc1C(F)(F)F. The summed E-state index contributed by atoms with van der Waals surface area (Å²) < 4.78 is 50.9. The highest BCUT2D eigenvalue weighted by Crippen LogP contribution is 2.44. The van der Waals surface area contributed by atoms with Gasteiger partial charge in [0.2, 0.25) is 0 Å². The largest absolute Gasteiger partial charge is 0.496 e. The lowest BCUT2D eigenvalue weighted by Gasteiger charge is -2.52. The van der Waals surface area contributed by atoms with Crippen molar-refractivity contribution >= 4 is 0 Å². The van der Waals surface area contributed by atoms with Gasteiger partial charge in [-0.15, -0.1) is 0 Å². The van der Waals surface area contributed by atoms with Gasteiger partial charge in [0.15, 0.2) is 0 Å². The smallest absolute Gasteiger partial charge is 0.419 e. The molecular formula is C22H24F3NO3. The molecule has 2 aromatic rings. The van der Waals surface area contributed by atoms with Gasteiger partial charge in [0.1, 0.15) is 5.75 Å². The standard InChI is InChI=1S/C22H24F3NO3/c1-28-20-8-7-16(9-19(20)22(23,24)25)21(27)10-17-13-29-14-18(11-21)26(17)12-15-5-3-2-4-6-15/h2-9,17-18,27H,10-14H2,1H3. The second kappa shape index (κ2) is 7.63. The average molecular weight is 407 g/mol. The van der Waals surface area contributed by atoms with E-state index in [9.17, 15) is 18.3 Å². The molecule has 2 saturated heterocycles. The third-order valence-corrected chi connectivity index (χ3v) is 5.96. The summed E-state index contributed by atoms with van der Waals surface area (Å²) in [4.78, 5) is 2.31. The Morgan fingerprint density at radius 3 is 2.34 bits per heavy atom. The van der Waals surface area contributed by atoms with E-state index in [-0.39, 0.29) is 23.4 Å². The molecule has 4 rings (SSSR count). The minimum atomic E-state index is -4.55. The summed E-state index contributed by atoms with van der Waals surface area (Å²) in [5.74, 6) is -0.241. The van der Waals surface area contributed by atoms with Crippen LogP contribution in [0, 0.1) is 0 Å². The molecule has 0 amide bonds. The molecule has 2 aliphatic rings. The van der Waals surface area contributed by atoms with Crippen LogP contribution in [0.4, 0.5) is 13.2 Å². The van der Waals surface area contributed by atoms with Crippen LogP contribution in [0.1, 0.15) is 29.5 Å². The Balaban J connectivity index is 1.62. The van der Waals surface area contributed by atoms with Crippen molar-refractivity contribution in [2.24, 2.45) is 0 Å². The lowest BCUT2D eigenvalue weighted by atomic mass is 9.76. The highest BCUT2D eigenvalue weighted by atomic mass is 19.4. The number of nitrogens with zero attached hydrogens (tertiary/aromatic N) is 1. The van der Waals surface area contributed by atoms with E-state index in [0.29, 0.717) is 26.1 Å². The summed E-state index contributed by atoms with van der Waals surface area (Å²) in [7, 11) is 1.21. The topological polar surface area (TPSA) is 41.9 Å². The van der Waals surface area contributed by atoms with Gasteiger partial charge in [0.05, 0.1) is 31.5 Å². The van der Waals surface area contributed by atoms with Crippen LogP contribution >= 0.6 is 0 Å².